The van der Waals surface area contributed by atoms with Crippen LogP contribution in [0.3, 0.4) is 0 Å². The fraction of sp³-hybridized carbons (Fsp3) is 0.304. The predicted octanol–water partition coefficient (Wildman–Crippen LogP) is 2.69. The first-order chi connectivity index (χ1) is 15.6. The Labute approximate surface area is 184 Å². The van der Waals surface area contributed by atoms with E-state index in [1.54, 1.807) is 36.5 Å². The molecule has 9 nitrogen and oxygen atoms in total. The molecule has 1 atom stereocenters. The predicted molar refractivity (Wildman–Crippen MR) is 118 cm³/mol. The first-order valence-corrected chi connectivity index (χ1v) is 10.6. The molecule has 2 heterocycles. The molecule has 0 bridgehead atoms. The Hall–Kier alpha value is -3.72. The lowest BCUT2D eigenvalue weighted by atomic mass is 10.1. The largest absolute Gasteiger partial charge is 0.486 e. The number of anilines is 1. The van der Waals surface area contributed by atoms with Crippen LogP contribution in [0.15, 0.2) is 42.6 Å². The second-order valence-corrected chi connectivity index (χ2v) is 7.91. The van der Waals surface area contributed by atoms with Gasteiger partial charge in [-0.3, -0.25) is 4.79 Å². The summed E-state index contributed by atoms with van der Waals surface area (Å²) in [5, 5.41) is 19.2. The lowest BCUT2D eigenvalue weighted by Crippen LogP contribution is -2.31. The van der Waals surface area contributed by atoms with Gasteiger partial charge in [0.2, 0.25) is 0 Å². The highest BCUT2D eigenvalue weighted by Gasteiger charge is 2.24. The van der Waals surface area contributed by atoms with Crippen molar-refractivity contribution in [2.75, 3.05) is 25.1 Å². The average molecular weight is 436 g/mol. The number of hydrogen-bond donors (Lipinski definition) is 5. The van der Waals surface area contributed by atoms with Gasteiger partial charge in [0.15, 0.2) is 11.5 Å². The van der Waals surface area contributed by atoms with Crippen LogP contribution in [0.4, 0.5) is 10.5 Å². The SMILES string of the molecule is O=C(Nc1cccc2c(C(=O)N[C@@H](CO)c3ccc4c(c3)OCCO4)c[nH]c12)NC1CC1. The van der Waals surface area contributed by atoms with Gasteiger partial charge in [0.1, 0.15) is 13.2 Å². The molecule has 5 N–H and O–H groups in total. The van der Waals surface area contributed by atoms with Gasteiger partial charge >= 0.3 is 6.03 Å². The number of benzene rings is 2. The molecule has 0 unspecified atom stereocenters. The monoisotopic (exact) mass is 436 g/mol. The number of carbonyl (C=O) groups excluding carboxylic acids is 2. The van der Waals surface area contributed by atoms with Crippen LogP contribution in [0.1, 0.15) is 34.8 Å². The first kappa shape index (κ1) is 20.2. The molecule has 3 amide bonds. The van der Waals surface area contributed by atoms with E-state index < -0.39 is 6.04 Å². The zero-order chi connectivity index (χ0) is 22.1. The summed E-state index contributed by atoms with van der Waals surface area (Å²) in [6, 6.07) is 10.1. The minimum Gasteiger partial charge on any atom is -0.486 e. The Morgan fingerprint density at radius 2 is 1.94 bits per heavy atom. The lowest BCUT2D eigenvalue weighted by Gasteiger charge is -2.22. The van der Waals surface area contributed by atoms with Gasteiger partial charge in [-0.2, -0.15) is 0 Å². The summed E-state index contributed by atoms with van der Waals surface area (Å²) in [7, 11) is 0. The number of amides is 3. The molecule has 0 spiro atoms. The number of ether oxygens (including phenoxy) is 2. The molecule has 1 aromatic heterocycles. The summed E-state index contributed by atoms with van der Waals surface area (Å²) in [6.07, 6.45) is 3.60. The molecule has 32 heavy (non-hydrogen) atoms. The van der Waals surface area contributed by atoms with E-state index in [9.17, 15) is 14.7 Å². The van der Waals surface area contributed by atoms with Crippen LogP contribution < -0.4 is 25.4 Å². The molecule has 1 aliphatic heterocycles. The minimum absolute atomic E-state index is 0.246. The molecule has 2 aliphatic rings. The van der Waals surface area contributed by atoms with Crippen molar-refractivity contribution in [3.05, 3.63) is 53.7 Å². The van der Waals surface area contributed by atoms with Gasteiger partial charge < -0.3 is 35.5 Å². The van der Waals surface area contributed by atoms with Gasteiger partial charge in [0.25, 0.3) is 5.91 Å². The number of aromatic amines is 1. The van der Waals surface area contributed by atoms with E-state index in [1.165, 1.54) is 0 Å². The number of para-hydroxylation sites is 1. The summed E-state index contributed by atoms with van der Waals surface area (Å²) in [5.74, 6) is 0.893. The number of aromatic nitrogens is 1. The molecule has 1 saturated carbocycles. The van der Waals surface area contributed by atoms with Gasteiger partial charge in [-0.1, -0.05) is 18.2 Å². The number of H-pyrrole nitrogens is 1. The normalized spacial score (nSPS) is 15.8. The van der Waals surface area contributed by atoms with E-state index in [0.29, 0.717) is 52.4 Å². The summed E-state index contributed by atoms with van der Waals surface area (Å²) in [6.45, 7) is 0.672. The van der Waals surface area contributed by atoms with Crippen molar-refractivity contribution in [3.8, 4) is 11.5 Å². The van der Waals surface area contributed by atoms with Crippen LogP contribution in [-0.2, 0) is 0 Å². The Bertz CT molecular complexity index is 1170. The van der Waals surface area contributed by atoms with E-state index in [4.69, 9.17) is 9.47 Å². The van der Waals surface area contributed by atoms with Gasteiger partial charge in [-0.25, -0.2) is 4.79 Å². The highest BCUT2D eigenvalue weighted by molar-refractivity contribution is 6.11. The maximum atomic E-state index is 13.0. The van der Waals surface area contributed by atoms with Gasteiger partial charge in [-0.05, 0) is 36.6 Å². The van der Waals surface area contributed by atoms with Crippen LogP contribution in [-0.4, -0.2) is 47.9 Å². The summed E-state index contributed by atoms with van der Waals surface area (Å²) in [5.41, 5.74) is 2.38. The minimum atomic E-state index is -0.617. The van der Waals surface area contributed by atoms with Crippen molar-refractivity contribution >= 4 is 28.5 Å². The van der Waals surface area contributed by atoms with Gasteiger partial charge in [-0.15, -0.1) is 0 Å². The maximum Gasteiger partial charge on any atom is 0.319 e. The molecule has 0 radical (unpaired) electrons. The van der Waals surface area contributed by atoms with Crippen molar-refractivity contribution in [1.82, 2.24) is 15.6 Å². The number of hydrogen-bond acceptors (Lipinski definition) is 5. The number of rotatable bonds is 6. The first-order valence-electron chi connectivity index (χ1n) is 10.6. The summed E-state index contributed by atoms with van der Waals surface area (Å²) in [4.78, 5) is 28.3. The van der Waals surface area contributed by atoms with E-state index >= 15 is 0 Å². The fourth-order valence-electron chi connectivity index (χ4n) is 3.76. The third-order valence-corrected chi connectivity index (χ3v) is 5.58. The molecular formula is C23H24N4O5. The van der Waals surface area contributed by atoms with Crippen LogP contribution in [0.25, 0.3) is 10.9 Å². The van der Waals surface area contributed by atoms with Crippen molar-refractivity contribution in [1.29, 1.82) is 0 Å². The standard InChI is InChI=1S/C23H24N4O5/c28-12-18(13-4-7-19-20(10-13)32-9-8-31-19)26-22(29)16-11-24-21-15(16)2-1-3-17(21)27-23(30)25-14-5-6-14/h1-4,7,10-11,14,18,24,28H,5-6,8-9,12H2,(H,26,29)(H2,25,27,30)/t18-/m0/s1. The zero-order valence-electron chi connectivity index (χ0n) is 17.3. The molecule has 1 fully saturated rings. The number of nitrogens with one attached hydrogen (secondary N) is 4. The number of fused-ring (bicyclic) bond motifs is 2. The average Bonchev–Trinajstić information content (AvgIpc) is 3.51. The van der Waals surface area contributed by atoms with Crippen LogP contribution in [0, 0.1) is 0 Å². The summed E-state index contributed by atoms with van der Waals surface area (Å²) < 4.78 is 11.1. The van der Waals surface area contributed by atoms with E-state index in [2.05, 4.69) is 20.9 Å². The van der Waals surface area contributed by atoms with Crippen LogP contribution >= 0.6 is 0 Å². The van der Waals surface area contributed by atoms with Gasteiger partial charge in [0, 0.05) is 17.6 Å². The van der Waals surface area contributed by atoms with Crippen molar-refractivity contribution in [2.45, 2.75) is 24.9 Å². The number of urea groups is 1. The maximum absolute atomic E-state index is 13.0. The van der Waals surface area contributed by atoms with Crippen molar-refractivity contribution in [3.63, 3.8) is 0 Å². The molecular weight excluding hydrogens is 412 g/mol. The molecule has 166 valence electrons. The third-order valence-electron chi connectivity index (χ3n) is 5.58. The molecule has 5 rings (SSSR count). The lowest BCUT2D eigenvalue weighted by molar-refractivity contribution is 0.0917. The summed E-state index contributed by atoms with van der Waals surface area (Å²) >= 11 is 0. The molecule has 9 heteroatoms. The Kier molecular flexibility index (Phi) is 5.32. The topological polar surface area (TPSA) is 125 Å². The van der Waals surface area contributed by atoms with E-state index in [0.717, 1.165) is 12.8 Å². The van der Waals surface area contributed by atoms with E-state index in [1.807, 2.05) is 6.07 Å². The van der Waals surface area contributed by atoms with Gasteiger partial charge in [0.05, 0.1) is 29.4 Å². The Morgan fingerprint density at radius 3 is 2.72 bits per heavy atom. The Balaban J connectivity index is 1.35. The number of carbonyl (C=O) groups is 2. The van der Waals surface area contributed by atoms with Crippen LogP contribution in [0.5, 0.6) is 11.5 Å². The van der Waals surface area contributed by atoms with Crippen molar-refractivity contribution in [2.24, 2.45) is 0 Å². The van der Waals surface area contributed by atoms with Crippen LogP contribution in [0.2, 0.25) is 0 Å². The highest BCUT2D eigenvalue weighted by Crippen LogP contribution is 2.33. The third kappa shape index (κ3) is 4.06. The molecule has 3 aromatic rings. The number of aliphatic hydroxyl groups is 1. The van der Waals surface area contributed by atoms with Crippen molar-refractivity contribution < 1.29 is 24.2 Å². The smallest absolute Gasteiger partial charge is 0.319 e. The molecule has 1 aliphatic carbocycles. The zero-order valence-corrected chi connectivity index (χ0v) is 17.3. The van der Waals surface area contributed by atoms with E-state index in [-0.39, 0.29) is 24.6 Å². The molecule has 2 aromatic carbocycles. The quantitative estimate of drug-likeness (QED) is 0.406. The second-order valence-electron chi connectivity index (χ2n) is 7.91. The second kappa shape index (κ2) is 8.43. The highest BCUT2D eigenvalue weighted by atomic mass is 16.6. The number of aliphatic hydroxyl groups excluding tert-OH is 1. The Morgan fingerprint density at radius 1 is 1.12 bits per heavy atom. The fourth-order valence-corrected chi connectivity index (χ4v) is 3.76. The molecule has 0 saturated heterocycles.